The molecule has 0 aliphatic heterocycles. The van der Waals surface area contributed by atoms with Crippen molar-refractivity contribution in [3.05, 3.63) is 12.7 Å². The lowest BCUT2D eigenvalue weighted by Gasteiger charge is -2.26. The minimum absolute atomic E-state index is 0.401. The van der Waals surface area contributed by atoms with Crippen LogP contribution in [0.15, 0.2) is 12.7 Å². The van der Waals surface area contributed by atoms with Crippen LogP contribution in [0, 0.1) is 5.92 Å². The van der Waals surface area contributed by atoms with Crippen molar-refractivity contribution in [1.29, 1.82) is 0 Å². The van der Waals surface area contributed by atoms with Gasteiger partial charge in [-0.25, -0.2) is 0 Å². The van der Waals surface area contributed by atoms with Gasteiger partial charge in [0.1, 0.15) is 0 Å². The van der Waals surface area contributed by atoms with Gasteiger partial charge in [-0.15, -0.1) is 6.58 Å². The number of aliphatic hydroxyl groups is 1. The molecule has 2 aliphatic rings. The van der Waals surface area contributed by atoms with E-state index in [2.05, 4.69) is 11.9 Å². The highest BCUT2D eigenvalue weighted by atomic mass is 16.3. The molecule has 0 radical (unpaired) electrons. The largest absolute Gasteiger partial charge is 0.389 e. The van der Waals surface area contributed by atoms with Crippen molar-refractivity contribution >= 4 is 0 Å². The number of nitrogens with one attached hydrogen (secondary N) is 1. The van der Waals surface area contributed by atoms with Crippen LogP contribution in [0.5, 0.6) is 0 Å². The molecule has 0 aromatic carbocycles. The summed E-state index contributed by atoms with van der Waals surface area (Å²) in [5, 5.41) is 13.9. The number of allylic oxidation sites excluding steroid dienone is 1. The summed E-state index contributed by atoms with van der Waals surface area (Å²) in [7, 11) is 0. The Kier molecular flexibility index (Phi) is 4.04. The summed E-state index contributed by atoms with van der Waals surface area (Å²) in [4.78, 5) is 0. The smallest absolute Gasteiger partial charge is 0.0771 e. The highest BCUT2D eigenvalue weighted by Gasteiger charge is 2.35. The Morgan fingerprint density at radius 1 is 1.38 bits per heavy atom. The molecule has 2 heteroatoms. The molecule has 2 fully saturated rings. The zero-order chi connectivity index (χ0) is 11.4. The van der Waals surface area contributed by atoms with Crippen LogP contribution in [-0.4, -0.2) is 23.3 Å². The van der Waals surface area contributed by atoms with Crippen molar-refractivity contribution in [2.45, 2.75) is 63.0 Å². The molecule has 1 atom stereocenters. The van der Waals surface area contributed by atoms with Gasteiger partial charge in [-0.1, -0.05) is 18.9 Å². The molecule has 2 rings (SSSR count). The van der Waals surface area contributed by atoms with E-state index in [4.69, 9.17) is 0 Å². The van der Waals surface area contributed by atoms with E-state index in [0.717, 1.165) is 31.7 Å². The second-order valence-corrected chi connectivity index (χ2v) is 5.62. The number of rotatable bonds is 7. The Bertz CT molecular complexity index is 229. The first kappa shape index (κ1) is 12.1. The molecule has 2 saturated carbocycles. The Labute approximate surface area is 99.1 Å². The lowest BCUT2D eigenvalue weighted by molar-refractivity contribution is 0.0437. The molecule has 16 heavy (non-hydrogen) atoms. The SMILES string of the molecule is C=CCCC(NCC1(O)CCCC1)C1CC1. The van der Waals surface area contributed by atoms with Gasteiger partial charge < -0.3 is 10.4 Å². The van der Waals surface area contributed by atoms with Crippen molar-refractivity contribution in [2.75, 3.05) is 6.54 Å². The number of hydrogen-bond donors (Lipinski definition) is 2. The van der Waals surface area contributed by atoms with Crippen LogP contribution < -0.4 is 5.32 Å². The van der Waals surface area contributed by atoms with E-state index in [1.54, 1.807) is 0 Å². The third-order valence-corrected chi connectivity index (χ3v) is 4.10. The molecule has 92 valence electrons. The molecule has 2 nitrogen and oxygen atoms in total. The van der Waals surface area contributed by atoms with Gasteiger partial charge in [0.05, 0.1) is 5.60 Å². The summed E-state index contributed by atoms with van der Waals surface area (Å²) in [6.07, 6.45) is 11.4. The first-order chi connectivity index (χ1) is 7.73. The van der Waals surface area contributed by atoms with E-state index in [9.17, 15) is 5.11 Å². The summed E-state index contributed by atoms with van der Waals surface area (Å²) in [6, 6.07) is 0.614. The van der Waals surface area contributed by atoms with Crippen LogP contribution in [0.2, 0.25) is 0 Å². The molecule has 1 unspecified atom stereocenters. The van der Waals surface area contributed by atoms with Crippen molar-refractivity contribution in [2.24, 2.45) is 5.92 Å². The average molecular weight is 223 g/mol. The molecule has 0 heterocycles. The second kappa shape index (κ2) is 5.33. The fourth-order valence-electron chi connectivity index (χ4n) is 2.83. The molecule has 0 amide bonds. The van der Waals surface area contributed by atoms with Crippen LogP contribution in [0.25, 0.3) is 0 Å². The van der Waals surface area contributed by atoms with Gasteiger partial charge in [0.15, 0.2) is 0 Å². The lowest BCUT2D eigenvalue weighted by Crippen LogP contribution is -2.43. The van der Waals surface area contributed by atoms with E-state index >= 15 is 0 Å². The van der Waals surface area contributed by atoms with Crippen LogP contribution in [-0.2, 0) is 0 Å². The predicted molar refractivity (Wildman–Crippen MR) is 67.4 cm³/mol. The number of hydrogen-bond acceptors (Lipinski definition) is 2. The topological polar surface area (TPSA) is 32.3 Å². The van der Waals surface area contributed by atoms with Gasteiger partial charge in [-0.05, 0) is 44.4 Å². The average Bonchev–Trinajstić information content (AvgIpc) is 3.02. The van der Waals surface area contributed by atoms with Crippen molar-refractivity contribution in [3.63, 3.8) is 0 Å². The van der Waals surface area contributed by atoms with E-state index in [-0.39, 0.29) is 0 Å². The summed E-state index contributed by atoms with van der Waals surface area (Å²) in [5.41, 5.74) is -0.401. The molecule has 0 saturated heterocycles. The summed E-state index contributed by atoms with van der Waals surface area (Å²) in [6.45, 7) is 4.58. The van der Waals surface area contributed by atoms with Crippen molar-refractivity contribution < 1.29 is 5.11 Å². The minimum atomic E-state index is -0.401. The van der Waals surface area contributed by atoms with Gasteiger partial charge in [-0.3, -0.25) is 0 Å². The van der Waals surface area contributed by atoms with Crippen LogP contribution >= 0.6 is 0 Å². The van der Waals surface area contributed by atoms with Crippen LogP contribution in [0.3, 0.4) is 0 Å². The lowest BCUT2D eigenvalue weighted by atomic mass is 10.0. The Morgan fingerprint density at radius 2 is 2.06 bits per heavy atom. The Morgan fingerprint density at radius 3 is 2.62 bits per heavy atom. The molecule has 2 aliphatic carbocycles. The molecular formula is C14H25NO. The van der Waals surface area contributed by atoms with Gasteiger partial charge >= 0.3 is 0 Å². The fraction of sp³-hybridized carbons (Fsp3) is 0.857. The van der Waals surface area contributed by atoms with E-state index < -0.39 is 5.60 Å². The molecule has 0 aromatic heterocycles. The van der Waals surface area contributed by atoms with Gasteiger partial charge in [0.25, 0.3) is 0 Å². The maximum absolute atomic E-state index is 10.3. The van der Waals surface area contributed by atoms with Crippen LogP contribution in [0.1, 0.15) is 51.4 Å². The molecule has 0 aromatic rings. The summed E-state index contributed by atoms with van der Waals surface area (Å²) in [5.74, 6) is 0.866. The van der Waals surface area contributed by atoms with Gasteiger partial charge in [0, 0.05) is 12.6 Å². The first-order valence-corrected chi connectivity index (χ1v) is 6.80. The predicted octanol–water partition coefficient (Wildman–Crippen LogP) is 2.63. The highest BCUT2D eigenvalue weighted by molar-refractivity contribution is 4.92. The maximum atomic E-state index is 10.3. The first-order valence-electron chi connectivity index (χ1n) is 6.80. The van der Waals surface area contributed by atoms with E-state index in [0.29, 0.717) is 6.04 Å². The Balaban J connectivity index is 1.74. The quantitative estimate of drug-likeness (QED) is 0.650. The molecule has 0 bridgehead atoms. The second-order valence-electron chi connectivity index (χ2n) is 5.62. The van der Waals surface area contributed by atoms with Gasteiger partial charge in [0.2, 0.25) is 0 Å². The highest BCUT2D eigenvalue weighted by Crippen LogP contribution is 2.35. The van der Waals surface area contributed by atoms with Crippen LogP contribution in [0.4, 0.5) is 0 Å². The minimum Gasteiger partial charge on any atom is -0.389 e. The van der Waals surface area contributed by atoms with Crippen molar-refractivity contribution in [3.8, 4) is 0 Å². The van der Waals surface area contributed by atoms with Crippen molar-refractivity contribution in [1.82, 2.24) is 5.32 Å². The summed E-state index contributed by atoms with van der Waals surface area (Å²) >= 11 is 0. The Hall–Kier alpha value is -0.340. The van der Waals surface area contributed by atoms with E-state index in [1.165, 1.54) is 32.1 Å². The zero-order valence-electron chi connectivity index (χ0n) is 10.3. The van der Waals surface area contributed by atoms with E-state index in [1.807, 2.05) is 6.08 Å². The fourth-order valence-corrected chi connectivity index (χ4v) is 2.83. The third-order valence-electron chi connectivity index (χ3n) is 4.10. The van der Waals surface area contributed by atoms with Gasteiger partial charge in [-0.2, -0.15) is 0 Å². The monoisotopic (exact) mass is 223 g/mol. The molecule has 0 spiro atoms. The molecular weight excluding hydrogens is 198 g/mol. The zero-order valence-corrected chi connectivity index (χ0v) is 10.3. The molecule has 2 N–H and O–H groups in total. The standard InChI is InChI=1S/C14H25NO/c1-2-3-6-13(12-7-8-12)15-11-14(16)9-4-5-10-14/h2,12-13,15-16H,1,3-11H2. The normalized spacial score (nSPS) is 25.6. The maximum Gasteiger partial charge on any atom is 0.0771 e. The third kappa shape index (κ3) is 3.33. The summed E-state index contributed by atoms with van der Waals surface area (Å²) < 4.78 is 0.